The van der Waals surface area contributed by atoms with E-state index in [1.54, 1.807) is 0 Å². The van der Waals surface area contributed by atoms with E-state index in [9.17, 15) is 5.11 Å². The summed E-state index contributed by atoms with van der Waals surface area (Å²) < 4.78 is 0. The fraction of sp³-hybridized carbons (Fsp3) is 1.00. The Kier molecular flexibility index (Phi) is 5.07. The molecule has 0 radical (unpaired) electrons. The maximum Gasteiger partial charge on any atom is 0.0692 e. The zero-order valence-corrected chi connectivity index (χ0v) is 10.7. The molecule has 2 nitrogen and oxygen atoms in total. The Morgan fingerprint density at radius 2 is 2.00 bits per heavy atom. The first kappa shape index (κ1) is 13.0. The Bertz CT molecular complexity index is 183. The van der Waals surface area contributed by atoms with Gasteiger partial charge >= 0.3 is 0 Å². The fourth-order valence-corrected chi connectivity index (χ4v) is 2.23. The van der Waals surface area contributed by atoms with Crippen LogP contribution in [0.5, 0.6) is 0 Å². The Labute approximate surface area is 94.7 Å². The van der Waals surface area contributed by atoms with E-state index in [1.165, 1.54) is 13.0 Å². The van der Waals surface area contributed by atoms with Gasteiger partial charge in [0.25, 0.3) is 0 Å². The zero-order valence-electron chi connectivity index (χ0n) is 10.7. The van der Waals surface area contributed by atoms with Crippen LogP contribution < -0.4 is 0 Å². The van der Waals surface area contributed by atoms with Gasteiger partial charge in [0.15, 0.2) is 0 Å². The number of aliphatic hydroxyl groups excluding tert-OH is 1. The van der Waals surface area contributed by atoms with E-state index in [0.29, 0.717) is 5.92 Å². The van der Waals surface area contributed by atoms with Crippen molar-refractivity contribution in [1.29, 1.82) is 0 Å². The van der Waals surface area contributed by atoms with Gasteiger partial charge in [-0.05, 0) is 30.7 Å². The van der Waals surface area contributed by atoms with Gasteiger partial charge in [-0.15, -0.1) is 0 Å². The molecule has 15 heavy (non-hydrogen) atoms. The molecule has 0 aromatic heterocycles. The largest absolute Gasteiger partial charge is 0.392 e. The van der Waals surface area contributed by atoms with E-state index in [4.69, 9.17) is 0 Å². The van der Waals surface area contributed by atoms with Crippen LogP contribution in [0.25, 0.3) is 0 Å². The molecule has 4 unspecified atom stereocenters. The second kappa shape index (κ2) is 5.86. The van der Waals surface area contributed by atoms with Crippen molar-refractivity contribution in [3.05, 3.63) is 0 Å². The predicted octanol–water partition coefficient (Wildman–Crippen LogP) is 2.37. The van der Waals surface area contributed by atoms with Gasteiger partial charge in [-0.3, -0.25) is 0 Å². The van der Waals surface area contributed by atoms with Gasteiger partial charge in [0.1, 0.15) is 0 Å². The molecule has 4 atom stereocenters. The van der Waals surface area contributed by atoms with E-state index in [-0.39, 0.29) is 6.10 Å². The standard InChI is InChI=1S/C13H27NO/c1-5-10(2)13(15)9-14-7-6-11(3)12(4)8-14/h10-13,15H,5-9H2,1-4H3. The van der Waals surface area contributed by atoms with Crippen LogP contribution in [0.4, 0.5) is 0 Å². The van der Waals surface area contributed by atoms with Crippen LogP contribution in [0.1, 0.15) is 40.5 Å². The highest BCUT2D eigenvalue weighted by molar-refractivity contribution is 4.78. The molecule has 0 spiro atoms. The number of rotatable bonds is 4. The predicted molar refractivity (Wildman–Crippen MR) is 64.8 cm³/mol. The summed E-state index contributed by atoms with van der Waals surface area (Å²) in [5, 5.41) is 9.98. The molecule has 1 rings (SSSR count). The Balaban J connectivity index is 2.33. The van der Waals surface area contributed by atoms with Crippen molar-refractivity contribution in [3.63, 3.8) is 0 Å². The third kappa shape index (κ3) is 3.76. The smallest absolute Gasteiger partial charge is 0.0692 e. The number of aliphatic hydroxyl groups is 1. The van der Waals surface area contributed by atoms with Gasteiger partial charge in [0.2, 0.25) is 0 Å². The molecular formula is C13H27NO. The minimum atomic E-state index is -0.143. The summed E-state index contributed by atoms with van der Waals surface area (Å²) in [4.78, 5) is 2.43. The lowest BCUT2D eigenvalue weighted by Crippen LogP contribution is -2.43. The normalized spacial score (nSPS) is 32.6. The lowest BCUT2D eigenvalue weighted by atomic mass is 9.88. The molecule has 0 saturated carbocycles. The Morgan fingerprint density at radius 3 is 2.53 bits per heavy atom. The Morgan fingerprint density at radius 1 is 1.33 bits per heavy atom. The molecule has 0 amide bonds. The van der Waals surface area contributed by atoms with Gasteiger partial charge in [-0.2, -0.15) is 0 Å². The average Bonchev–Trinajstić information content (AvgIpc) is 2.22. The van der Waals surface area contributed by atoms with Crippen molar-refractivity contribution in [2.75, 3.05) is 19.6 Å². The molecule has 0 bridgehead atoms. The van der Waals surface area contributed by atoms with Crippen LogP contribution in [-0.2, 0) is 0 Å². The third-order valence-electron chi connectivity index (χ3n) is 4.16. The van der Waals surface area contributed by atoms with Crippen LogP contribution in [0.3, 0.4) is 0 Å². The van der Waals surface area contributed by atoms with Crippen molar-refractivity contribution in [1.82, 2.24) is 4.90 Å². The molecule has 0 aromatic rings. The summed E-state index contributed by atoms with van der Waals surface area (Å²) in [6, 6.07) is 0. The minimum Gasteiger partial charge on any atom is -0.392 e. The van der Waals surface area contributed by atoms with Crippen molar-refractivity contribution >= 4 is 0 Å². The van der Waals surface area contributed by atoms with Crippen LogP contribution in [0.15, 0.2) is 0 Å². The second-order valence-electron chi connectivity index (χ2n) is 5.46. The number of likely N-dealkylation sites (tertiary alicyclic amines) is 1. The van der Waals surface area contributed by atoms with Gasteiger partial charge in [-0.1, -0.05) is 34.1 Å². The van der Waals surface area contributed by atoms with E-state index in [2.05, 4.69) is 32.6 Å². The molecule has 1 N–H and O–H groups in total. The molecule has 1 heterocycles. The second-order valence-corrected chi connectivity index (χ2v) is 5.46. The van der Waals surface area contributed by atoms with Gasteiger partial charge in [0, 0.05) is 13.1 Å². The number of nitrogens with zero attached hydrogens (tertiary/aromatic N) is 1. The molecule has 1 aliphatic rings. The summed E-state index contributed by atoms with van der Waals surface area (Å²) in [5.41, 5.74) is 0. The van der Waals surface area contributed by atoms with Crippen LogP contribution in [0.2, 0.25) is 0 Å². The first-order chi connectivity index (χ1) is 7.04. The van der Waals surface area contributed by atoms with Crippen molar-refractivity contribution in [2.45, 2.75) is 46.6 Å². The molecule has 2 heteroatoms. The summed E-state index contributed by atoms with van der Waals surface area (Å²) in [6.45, 7) is 12.1. The Hall–Kier alpha value is -0.0800. The maximum atomic E-state index is 9.98. The molecular weight excluding hydrogens is 186 g/mol. The number of β-amino-alcohol motifs (C(OH)–C–C–N with tert-alkyl or cyclic N) is 1. The van der Waals surface area contributed by atoms with Crippen molar-refractivity contribution < 1.29 is 5.11 Å². The highest BCUT2D eigenvalue weighted by Gasteiger charge is 2.25. The summed E-state index contributed by atoms with van der Waals surface area (Å²) in [5.74, 6) is 2.06. The summed E-state index contributed by atoms with van der Waals surface area (Å²) in [7, 11) is 0. The van der Waals surface area contributed by atoms with E-state index in [1.807, 2.05) is 0 Å². The molecule has 1 aliphatic heterocycles. The number of hydrogen-bond acceptors (Lipinski definition) is 2. The first-order valence-electron chi connectivity index (χ1n) is 6.45. The van der Waals surface area contributed by atoms with E-state index < -0.39 is 0 Å². The monoisotopic (exact) mass is 213 g/mol. The summed E-state index contributed by atoms with van der Waals surface area (Å²) in [6.07, 6.45) is 2.21. The van der Waals surface area contributed by atoms with Gasteiger partial charge < -0.3 is 10.0 Å². The zero-order chi connectivity index (χ0) is 11.4. The quantitative estimate of drug-likeness (QED) is 0.775. The van der Waals surface area contributed by atoms with Gasteiger partial charge in [0.05, 0.1) is 6.10 Å². The molecule has 90 valence electrons. The van der Waals surface area contributed by atoms with Gasteiger partial charge in [-0.25, -0.2) is 0 Å². The summed E-state index contributed by atoms with van der Waals surface area (Å²) >= 11 is 0. The fourth-order valence-electron chi connectivity index (χ4n) is 2.23. The molecule has 0 aromatic carbocycles. The van der Waals surface area contributed by atoms with Crippen molar-refractivity contribution in [3.8, 4) is 0 Å². The highest BCUT2D eigenvalue weighted by atomic mass is 16.3. The topological polar surface area (TPSA) is 23.5 Å². The number of hydrogen-bond donors (Lipinski definition) is 1. The molecule has 1 saturated heterocycles. The number of piperidine rings is 1. The van der Waals surface area contributed by atoms with Crippen molar-refractivity contribution in [2.24, 2.45) is 17.8 Å². The van der Waals surface area contributed by atoms with Crippen LogP contribution in [-0.4, -0.2) is 35.7 Å². The lowest BCUT2D eigenvalue weighted by Gasteiger charge is -2.37. The third-order valence-corrected chi connectivity index (χ3v) is 4.16. The maximum absolute atomic E-state index is 9.98. The van der Waals surface area contributed by atoms with Crippen LogP contribution >= 0.6 is 0 Å². The van der Waals surface area contributed by atoms with E-state index >= 15 is 0 Å². The minimum absolute atomic E-state index is 0.143. The SMILES string of the molecule is CCC(C)C(O)CN1CCC(C)C(C)C1. The highest BCUT2D eigenvalue weighted by Crippen LogP contribution is 2.23. The first-order valence-corrected chi connectivity index (χ1v) is 6.45. The lowest BCUT2D eigenvalue weighted by molar-refractivity contribution is 0.0418. The average molecular weight is 213 g/mol. The van der Waals surface area contributed by atoms with Crippen LogP contribution in [0, 0.1) is 17.8 Å². The molecule has 1 fully saturated rings. The molecule has 0 aliphatic carbocycles. The van der Waals surface area contributed by atoms with E-state index in [0.717, 1.165) is 31.3 Å².